The Hall–Kier alpha value is -4.12. The van der Waals surface area contributed by atoms with E-state index in [9.17, 15) is 20.2 Å². The second kappa shape index (κ2) is 9.26. The molecule has 3 heterocycles. The molecule has 0 unspecified atom stereocenters. The van der Waals surface area contributed by atoms with E-state index in [2.05, 4.69) is 15.0 Å². The highest BCUT2D eigenvalue weighted by molar-refractivity contribution is 6.05. The van der Waals surface area contributed by atoms with E-state index < -0.39 is 5.75 Å². The SMILES string of the molecule is COc1ccc(C(=O)N2CCN(CCCn3c4c(O)c5ncccc5c([O-])c4n[n+]3[O-])CC2)cc1. The third kappa shape index (κ3) is 4.14. The van der Waals surface area contributed by atoms with Crippen molar-refractivity contribution in [3.63, 3.8) is 0 Å². The molecule has 2 aromatic carbocycles. The molecular formula is C24H25N6O5-. The number of phenolic OH excluding ortho intramolecular Hbond substituents is 1. The summed E-state index contributed by atoms with van der Waals surface area (Å²) >= 11 is 0. The molecule has 0 bridgehead atoms. The van der Waals surface area contributed by atoms with Gasteiger partial charge in [0.1, 0.15) is 11.3 Å². The van der Waals surface area contributed by atoms with Crippen LogP contribution in [-0.2, 0) is 6.54 Å². The van der Waals surface area contributed by atoms with E-state index in [1.54, 1.807) is 43.5 Å². The molecule has 0 radical (unpaired) electrons. The van der Waals surface area contributed by atoms with Crippen molar-refractivity contribution in [2.75, 3.05) is 39.8 Å². The number of fused-ring (bicyclic) bond motifs is 2. The second-order valence-corrected chi connectivity index (χ2v) is 8.47. The monoisotopic (exact) mass is 477 g/mol. The highest BCUT2D eigenvalue weighted by Gasteiger charge is 2.24. The number of pyridine rings is 1. The number of phenols is 1. The third-order valence-electron chi connectivity index (χ3n) is 6.43. The van der Waals surface area contributed by atoms with Crippen molar-refractivity contribution in [1.29, 1.82) is 0 Å². The average Bonchev–Trinajstić information content (AvgIpc) is 3.23. The van der Waals surface area contributed by atoms with Crippen molar-refractivity contribution in [1.82, 2.24) is 24.6 Å². The van der Waals surface area contributed by atoms with E-state index in [1.165, 1.54) is 10.9 Å². The van der Waals surface area contributed by atoms with Crippen LogP contribution >= 0.6 is 0 Å². The number of carbonyl (C=O) groups is 1. The van der Waals surface area contributed by atoms with E-state index in [4.69, 9.17) is 4.74 Å². The summed E-state index contributed by atoms with van der Waals surface area (Å²) in [6.45, 7) is 3.62. The number of nitrogens with zero attached hydrogens (tertiary/aromatic N) is 6. The van der Waals surface area contributed by atoms with Gasteiger partial charge in [-0.25, -0.2) is 0 Å². The second-order valence-electron chi connectivity index (χ2n) is 8.47. The number of aromatic nitrogens is 4. The fourth-order valence-electron chi connectivity index (χ4n) is 4.53. The van der Waals surface area contributed by atoms with Gasteiger partial charge in [0, 0.05) is 54.5 Å². The average molecular weight is 478 g/mol. The molecule has 1 aliphatic rings. The lowest BCUT2D eigenvalue weighted by Gasteiger charge is -2.34. The number of hydrogen-bond donors (Lipinski definition) is 1. The molecule has 0 saturated carbocycles. The van der Waals surface area contributed by atoms with Gasteiger partial charge in [0.25, 0.3) is 5.91 Å². The first kappa shape index (κ1) is 22.7. The zero-order chi connectivity index (χ0) is 24.5. The predicted octanol–water partition coefficient (Wildman–Crippen LogP) is 0.854. The molecule has 1 fully saturated rings. The molecule has 5 rings (SSSR count). The predicted molar refractivity (Wildman–Crippen MR) is 125 cm³/mol. The molecule has 4 aromatic rings. The minimum atomic E-state index is -0.429. The molecular weight excluding hydrogens is 452 g/mol. The number of benzene rings is 2. The van der Waals surface area contributed by atoms with E-state index in [1.807, 2.05) is 4.90 Å². The maximum absolute atomic E-state index is 12.8. The normalized spacial score (nSPS) is 14.6. The number of methoxy groups -OCH3 is 1. The van der Waals surface area contributed by atoms with Crippen LogP contribution in [0.2, 0.25) is 0 Å². The Bertz CT molecular complexity index is 1380. The first-order valence-electron chi connectivity index (χ1n) is 11.4. The summed E-state index contributed by atoms with van der Waals surface area (Å²) in [4.78, 5) is 21.3. The van der Waals surface area contributed by atoms with Crippen LogP contribution in [0.3, 0.4) is 0 Å². The molecule has 35 heavy (non-hydrogen) atoms. The number of carbonyl (C=O) groups excluding carboxylic acids is 1. The van der Waals surface area contributed by atoms with Gasteiger partial charge in [-0.3, -0.25) is 14.7 Å². The van der Waals surface area contributed by atoms with Crippen molar-refractivity contribution < 1.29 is 24.7 Å². The standard InChI is InChI=1S/C24H26N6O5/c1-35-17-7-5-16(6-8-17)24(33)28-14-12-27(13-15-28)10-3-11-29-21-20(26-30(29)34)22(31)18-4-2-9-25-19(18)23(21)32/h2,4-9,31-32H,3,10-15H2,1H3/p-1. The summed E-state index contributed by atoms with van der Waals surface area (Å²) < 4.78 is 6.41. The highest BCUT2D eigenvalue weighted by atomic mass is 16.5. The molecule has 1 amide bonds. The van der Waals surface area contributed by atoms with Gasteiger partial charge < -0.3 is 25.1 Å². The minimum Gasteiger partial charge on any atom is -0.870 e. The van der Waals surface area contributed by atoms with Crippen LogP contribution in [0.5, 0.6) is 17.2 Å². The smallest absolute Gasteiger partial charge is 0.253 e. The van der Waals surface area contributed by atoms with Crippen LogP contribution in [0, 0.1) is 5.21 Å². The summed E-state index contributed by atoms with van der Waals surface area (Å²) in [6.07, 6.45) is 2.09. The number of amides is 1. The fraction of sp³-hybridized carbons (Fsp3) is 0.333. The lowest BCUT2D eigenvalue weighted by Crippen LogP contribution is -2.49. The van der Waals surface area contributed by atoms with E-state index in [0.29, 0.717) is 55.4 Å². The molecule has 0 spiro atoms. The van der Waals surface area contributed by atoms with Crippen LogP contribution in [0.1, 0.15) is 16.8 Å². The maximum atomic E-state index is 12.8. The van der Waals surface area contributed by atoms with Gasteiger partial charge in [0.05, 0.1) is 13.7 Å². The van der Waals surface area contributed by atoms with Crippen LogP contribution in [0.4, 0.5) is 0 Å². The number of rotatable bonds is 6. The number of hydrogen-bond acceptors (Lipinski definition) is 8. The molecule has 1 N–H and O–H groups in total. The Morgan fingerprint density at radius 3 is 2.57 bits per heavy atom. The molecule has 1 saturated heterocycles. The summed E-state index contributed by atoms with van der Waals surface area (Å²) in [7, 11) is 1.59. The molecule has 0 atom stereocenters. The Morgan fingerprint density at radius 1 is 1.11 bits per heavy atom. The Kier molecular flexibility index (Phi) is 6.00. The van der Waals surface area contributed by atoms with Gasteiger partial charge in [-0.05, 0) is 42.1 Å². The lowest BCUT2D eigenvalue weighted by atomic mass is 10.1. The van der Waals surface area contributed by atoms with Crippen molar-refractivity contribution in [3.8, 4) is 17.2 Å². The lowest BCUT2D eigenvalue weighted by molar-refractivity contribution is -0.746. The van der Waals surface area contributed by atoms with Gasteiger partial charge >= 0.3 is 0 Å². The molecule has 182 valence electrons. The minimum absolute atomic E-state index is 0.00527. The first-order chi connectivity index (χ1) is 17.0. The van der Waals surface area contributed by atoms with Crippen LogP contribution in [0.25, 0.3) is 21.9 Å². The quantitative estimate of drug-likeness (QED) is 0.319. The van der Waals surface area contributed by atoms with E-state index in [-0.39, 0.29) is 40.1 Å². The van der Waals surface area contributed by atoms with Crippen LogP contribution < -0.4 is 14.8 Å². The topological polar surface area (TPSA) is 134 Å². The van der Waals surface area contributed by atoms with Gasteiger partial charge in [0.15, 0.2) is 16.8 Å². The zero-order valence-corrected chi connectivity index (χ0v) is 19.3. The largest absolute Gasteiger partial charge is 0.870 e. The first-order valence-corrected chi connectivity index (χ1v) is 11.4. The molecule has 1 aliphatic heterocycles. The summed E-state index contributed by atoms with van der Waals surface area (Å²) in [5, 5.41) is 39.9. The summed E-state index contributed by atoms with van der Waals surface area (Å²) in [5.41, 5.74) is 0.824. The van der Waals surface area contributed by atoms with E-state index in [0.717, 1.165) is 0 Å². The Balaban J connectivity index is 1.21. The van der Waals surface area contributed by atoms with Crippen LogP contribution in [-0.4, -0.2) is 75.4 Å². The molecule has 11 nitrogen and oxygen atoms in total. The summed E-state index contributed by atoms with van der Waals surface area (Å²) in [5.74, 6) is 0.0554. The van der Waals surface area contributed by atoms with Crippen LogP contribution in [0.15, 0.2) is 42.6 Å². The molecule has 11 heteroatoms. The third-order valence-corrected chi connectivity index (χ3v) is 6.43. The highest BCUT2D eigenvalue weighted by Crippen LogP contribution is 2.37. The van der Waals surface area contributed by atoms with Gasteiger partial charge in [-0.15, -0.1) is 4.68 Å². The molecule has 0 aliphatic carbocycles. The maximum Gasteiger partial charge on any atom is 0.253 e. The number of ether oxygens (including phenoxy) is 1. The van der Waals surface area contributed by atoms with Crippen molar-refractivity contribution >= 4 is 27.8 Å². The molecule has 2 aromatic heterocycles. The Labute approximate surface area is 200 Å². The van der Waals surface area contributed by atoms with Crippen molar-refractivity contribution in [3.05, 3.63) is 53.4 Å². The van der Waals surface area contributed by atoms with Crippen molar-refractivity contribution in [2.45, 2.75) is 13.0 Å². The zero-order valence-electron chi connectivity index (χ0n) is 19.3. The summed E-state index contributed by atoms with van der Waals surface area (Å²) in [6, 6.07) is 10.2. The van der Waals surface area contributed by atoms with Gasteiger partial charge in [-0.1, -0.05) is 11.8 Å². The number of aryl methyl sites for hydroxylation is 1. The number of aromatic hydroxyl groups is 1. The fourth-order valence-corrected chi connectivity index (χ4v) is 4.53. The van der Waals surface area contributed by atoms with Gasteiger partial charge in [0.2, 0.25) is 0 Å². The Morgan fingerprint density at radius 2 is 1.86 bits per heavy atom. The number of piperazine rings is 1. The van der Waals surface area contributed by atoms with Gasteiger partial charge in [-0.2, -0.15) is 0 Å². The van der Waals surface area contributed by atoms with E-state index >= 15 is 0 Å². The van der Waals surface area contributed by atoms with Crippen molar-refractivity contribution in [2.24, 2.45) is 0 Å².